The molecule has 0 aromatic carbocycles. The van der Waals surface area contributed by atoms with E-state index in [9.17, 15) is 15.0 Å². The van der Waals surface area contributed by atoms with Crippen LogP contribution in [0, 0.1) is 34.0 Å². The van der Waals surface area contributed by atoms with Crippen molar-refractivity contribution in [2.45, 2.75) is 72.0 Å². The Morgan fingerprint density at radius 2 is 1.87 bits per heavy atom. The summed E-state index contributed by atoms with van der Waals surface area (Å²) in [5.74, 6) is 0.544. The molecule has 130 valence electrons. The molecular weight excluding hydrogens is 288 g/mol. The van der Waals surface area contributed by atoms with E-state index >= 15 is 0 Å². The molecule has 23 heavy (non-hydrogen) atoms. The van der Waals surface area contributed by atoms with E-state index < -0.39 is 23.0 Å². The van der Waals surface area contributed by atoms with E-state index in [1.54, 1.807) is 0 Å². The Labute approximate surface area is 140 Å². The Kier molecular flexibility index (Phi) is 3.85. The Morgan fingerprint density at radius 1 is 1.22 bits per heavy atom. The maximum absolute atomic E-state index is 12.8. The van der Waals surface area contributed by atoms with Crippen LogP contribution in [-0.2, 0) is 4.79 Å². The number of Topliss-reactive ketones (excluding diaryl/α,β-unsaturated/α-hetero) is 1. The number of carbonyl (C=O) groups is 1. The zero-order chi connectivity index (χ0) is 17.2. The van der Waals surface area contributed by atoms with Crippen molar-refractivity contribution in [3.63, 3.8) is 0 Å². The van der Waals surface area contributed by atoms with Gasteiger partial charge in [0.1, 0.15) is 5.78 Å². The summed E-state index contributed by atoms with van der Waals surface area (Å²) < 4.78 is 0. The van der Waals surface area contributed by atoms with Crippen molar-refractivity contribution >= 4 is 5.78 Å². The van der Waals surface area contributed by atoms with Crippen LogP contribution < -0.4 is 0 Å². The van der Waals surface area contributed by atoms with Crippen molar-refractivity contribution in [2.24, 2.45) is 34.0 Å². The zero-order valence-electron chi connectivity index (χ0n) is 15.0. The number of aliphatic hydroxyl groups is 2. The highest BCUT2D eigenvalue weighted by atomic mass is 16.3. The molecule has 3 rings (SSSR count). The second-order valence-corrected chi connectivity index (χ2v) is 9.10. The van der Waals surface area contributed by atoms with Crippen molar-refractivity contribution in [3.05, 3.63) is 12.7 Å². The van der Waals surface area contributed by atoms with Crippen LogP contribution in [0.3, 0.4) is 0 Å². The molecule has 0 amide bonds. The van der Waals surface area contributed by atoms with Gasteiger partial charge < -0.3 is 10.2 Å². The van der Waals surface area contributed by atoms with Gasteiger partial charge in [-0.3, -0.25) is 4.79 Å². The topological polar surface area (TPSA) is 57.5 Å². The van der Waals surface area contributed by atoms with Gasteiger partial charge in [-0.1, -0.05) is 33.8 Å². The normalized spacial score (nSPS) is 56.6. The number of ketones is 1. The van der Waals surface area contributed by atoms with Crippen LogP contribution in [0.2, 0.25) is 0 Å². The van der Waals surface area contributed by atoms with Crippen LogP contribution in [0.1, 0.15) is 59.8 Å². The fraction of sp³-hybridized carbons (Fsp3) is 0.850. The molecule has 0 heterocycles. The number of rotatable bonds is 1. The Hall–Kier alpha value is -0.670. The number of aliphatic hydroxyl groups excluding tert-OH is 2. The van der Waals surface area contributed by atoms with Crippen molar-refractivity contribution in [1.29, 1.82) is 0 Å². The third-order valence-electron chi connectivity index (χ3n) is 8.33. The Balaban J connectivity index is 2.21. The van der Waals surface area contributed by atoms with Crippen molar-refractivity contribution in [2.75, 3.05) is 0 Å². The molecule has 0 aromatic heterocycles. The summed E-state index contributed by atoms with van der Waals surface area (Å²) in [4.78, 5) is 12.8. The fourth-order valence-electron chi connectivity index (χ4n) is 6.37. The first-order valence-corrected chi connectivity index (χ1v) is 9.16. The molecule has 2 unspecified atom stereocenters. The van der Waals surface area contributed by atoms with E-state index in [1.807, 2.05) is 13.0 Å². The summed E-state index contributed by atoms with van der Waals surface area (Å²) in [7, 11) is 0. The second kappa shape index (κ2) is 5.16. The van der Waals surface area contributed by atoms with Gasteiger partial charge in [0.2, 0.25) is 0 Å². The monoisotopic (exact) mass is 320 g/mol. The van der Waals surface area contributed by atoms with Gasteiger partial charge in [0, 0.05) is 23.2 Å². The summed E-state index contributed by atoms with van der Waals surface area (Å²) in [5.41, 5.74) is -1.07. The first-order chi connectivity index (χ1) is 10.6. The smallest absolute Gasteiger partial charge is 0.137 e. The SMILES string of the molecule is C=C[C@]1(C)C[C@@H](O)[C@@]2(C)C(C)CCC3(CCC(=O)[C@H]32)[C@@H](C)[C@@H]1O. The van der Waals surface area contributed by atoms with E-state index in [4.69, 9.17) is 0 Å². The Bertz CT molecular complexity index is 529. The molecular formula is C20H32O3. The van der Waals surface area contributed by atoms with Gasteiger partial charge in [-0.25, -0.2) is 0 Å². The quantitative estimate of drug-likeness (QED) is 0.729. The molecule has 3 aliphatic carbocycles. The van der Waals surface area contributed by atoms with Crippen LogP contribution in [0.25, 0.3) is 0 Å². The summed E-state index contributed by atoms with van der Waals surface area (Å²) in [6, 6.07) is 0. The molecule has 2 bridgehead atoms. The maximum Gasteiger partial charge on any atom is 0.137 e. The number of hydrogen-bond donors (Lipinski definition) is 2. The van der Waals surface area contributed by atoms with E-state index in [1.165, 1.54) is 0 Å². The molecule has 0 radical (unpaired) electrons. The predicted octanol–water partition coefficient (Wildman–Crippen LogP) is 3.34. The minimum atomic E-state index is -0.589. The van der Waals surface area contributed by atoms with Crippen LogP contribution in [-0.4, -0.2) is 28.2 Å². The molecule has 0 spiro atoms. The van der Waals surface area contributed by atoms with Crippen LogP contribution >= 0.6 is 0 Å². The molecule has 3 nitrogen and oxygen atoms in total. The summed E-state index contributed by atoms with van der Waals surface area (Å²) in [5, 5.41) is 22.3. The lowest BCUT2D eigenvalue weighted by atomic mass is 9.44. The lowest BCUT2D eigenvalue weighted by Gasteiger charge is -2.61. The minimum Gasteiger partial charge on any atom is -0.392 e. The molecule has 8 atom stereocenters. The third kappa shape index (κ3) is 1.99. The van der Waals surface area contributed by atoms with E-state index in [0.29, 0.717) is 24.5 Å². The molecule has 3 heteroatoms. The molecule has 0 saturated heterocycles. The molecule has 0 aromatic rings. The van der Waals surface area contributed by atoms with Crippen LogP contribution in [0.15, 0.2) is 12.7 Å². The minimum absolute atomic E-state index is 0.0428. The first-order valence-electron chi connectivity index (χ1n) is 9.16. The molecule has 3 saturated carbocycles. The molecule has 3 aliphatic rings. The van der Waals surface area contributed by atoms with Gasteiger partial charge in [0.15, 0.2) is 0 Å². The van der Waals surface area contributed by atoms with Crippen molar-refractivity contribution < 1.29 is 15.0 Å². The second-order valence-electron chi connectivity index (χ2n) is 9.10. The average Bonchev–Trinajstić information content (AvgIpc) is 2.87. The van der Waals surface area contributed by atoms with Crippen molar-refractivity contribution in [3.8, 4) is 0 Å². The highest BCUT2D eigenvalue weighted by molar-refractivity contribution is 5.85. The highest BCUT2D eigenvalue weighted by Crippen LogP contribution is 2.67. The Morgan fingerprint density at radius 3 is 2.48 bits per heavy atom. The predicted molar refractivity (Wildman–Crippen MR) is 90.8 cm³/mol. The van der Waals surface area contributed by atoms with Gasteiger partial charge in [-0.15, -0.1) is 6.58 Å². The summed E-state index contributed by atoms with van der Waals surface area (Å²) in [6.45, 7) is 12.4. The largest absolute Gasteiger partial charge is 0.392 e. The van der Waals surface area contributed by atoms with Gasteiger partial charge in [-0.05, 0) is 42.9 Å². The maximum atomic E-state index is 12.8. The fourth-order valence-corrected chi connectivity index (χ4v) is 6.37. The van der Waals surface area contributed by atoms with E-state index in [0.717, 1.165) is 19.3 Å². The number of carbonyl (C=O) groups excluding carboxylic acids is 1. The third-order valence-corrected chi connectivity index (χ3v) is 8.33. The van der Waals surface area contributed by atoms with Gasteiger partial charge in [0.25, 0.3) is 0 Å². The average molecular weight is 320 g/mol. The molecule has 0 aliphatic heterocycles. The number of hydrogen-bond acceptors (Lipinski definition) is 3. The van der Waals surface area contributed by atoms with Gasteiger partial charge >= 0.3 is 0 Å². The summed E-state index contributed by atoms with van der Waals surface area (Å²) in [6.07, 6.45) is 4.60. The molecule has 3 fully saturated rings. The van der Waals surface area contributed by atoms with Crippen molar-refractivity contribution in [1.82, 2.24) is 0 Å². The van der Waals surface area contributed by atoms with E-state index in [-0.39, 0.29) is 17.3 Å². The van der Waals surface area contributed by atoms with Gasteiger partial charge in [0.05, 0.1) is 12.2 Å². The molecule has 2 N–H and O–H groups in total. The standard InChI is InChI=1S/C20H32O3/c1-6-18(4)11-15(22)19(5)12(2)7-9-20(13(3)17(18)23)10-8-14(21)16(19)20/h6,12-13,15-17,22-23H,1,7-11H2,2-5H3/t12?,13-,15+,16-,17-,18+,19+,20?/m0/s1. The lowest BCUT2D eigenvalue weighted by molar-refractivity contribution is -0.191. The van der Waals surface area contributed by atoms with Gasteiger partial charge in [-0.2, -0.15) is 0 Å². The van der Waals surface area contributed by atoms with E-state index in [2.05, 4.69) is 27.4 Å². The summed E-state index contributed by atoms with van der Waals surface area (Å²) >= 11 is 0. The van der Waals surface area contributed by atoms with Crippen LogP contribution in [0.5, 0.6) is 0 Å². The highest BCUT2D eigenvalue weighted by Gasteiger charge is 2.67. The zero-order valence-corrected chi connectivity index (χ0v) is 15.0. The first kappa shape index (κ1) is 17.2. The van der Waals surface area contributed by atoms with Crippen LogP contribution in [0.4, 0.5) is 0 Å². The lowest BCUT2D eigenvalue weighted by Crippen LogP contribution is -2.62.